The Kier molecular flexibility index (Phi) is 3.46. The lowest BCUT2D eigenvalue weighted by Crippen LogP contribution is -2.12. The normalized spacial score (nSPS) is 10.2. The monoisotopic (exact) mass is 231 g/mol. The van der Waals surface area contributed by atoms with Crippen molar-refractivity contribution in [3.05, 3.63) is 41.7 Å². The van der Waals surface area contributed by atoms with E-state index >= 15 is 0 Å². The minimum atomic E-state index is -0.287. The molecule has 88 valence electrons. The molecule has 0 bridgehead atoms. The lowest BCUT2D eigenvalue weighted by molar-refractivity contribution is 0.102. The van der Waals surface area contributed by atoms with Gasteiger partial charge >= 0.3 is 0 Å². The van der Waals surface area contributed by atoms with E-state index < -0.39 is 0 Å². The summed E-state index contributed by atoms with van der Waals surface area (Å²) in [4.78, 5) is 11.6. The number of H-pyrrole nitrogens is 1. The van der Waals surface area contributed by atoms with Crippen LogP contribution in [0.5, 0.6) is 0 Å². The number of carbonyl (C=O) groups is 1. The van der Waals surface area contributed by atoms with Crippen LogP contribution in [0.2, 0.25) is 0 Å². The molecule has 2 rings (SSSR count). The molecule has 0 radical (unpaired) electrons. The number of hydrogen-bond donors (Lipinski definition) is 3. The molecule has 4 N–H and O–H groups in total. The molecule has 0 unspecified atom stereocenters. The minimum Gasteiger partial charge on any atom is -0.330 e. The van der Waals surface area contributed by atoms with Crippen LogP contribution in [-0.2, 0) is 6.42 Å². The summed E-state index contributed by atoms with van der Waals surface area (Å²) < 4.78 is 0. The largest absolute Gasteiger partial charge is 0.330 e. The molecule has 1 aromatic carbocycles. The summed E-state index contributed by atoms with van der Waals surface area (Å²) in [6, 6.07) is 7.54. The van der Waals surface area contributed by atoms with Gasteiger partial charge in [0.25, 0.3) is 5.91 Å². The molecule has 0 spiro atoms. The first-order valence-corrected chi connectivity index (χ1v) is 5.25. The third-order valence-electron chi connectivity index (χ3n) is 2.29. The number of benzene rings is 1. The molecule has 0 aliphatic rings. The fourth-order valence-electron chi connectivity index (χ4n) is 1.43. The lowest BCUT2D eigenvalue weighted by Gasteiger charge is -2.04. The summed E-state index contributed by atoms with van der Waals surface area (Å²) in [6.07, 6.45) is 2.20. The van der Waals surface area contributed by atoms with Crippen LogP contribution in [0.25, 0.3) is 0 Å². The molecule has 17 heavy (non-hydrogen) atoms. The molecule has 0 saturated carbocycles. The van der Waals surface area contributed by atoms with Gasteiger partial charge in [0, 0.05) is 5.69 Å². The molecule has 0 aliphatic carbocycles. The summed E-state index contributed by atoms with van der Waals surface area (Å²) in [5.74, 6) is -0.287. The topological polar surface area (TPSA) is 96.7 Å². The van der Waals surface area contributed by atoms with Crippen LogP contribution in [0.3, 0.4) is 0 Å². The van der Waals surface area contributed by atoms with Gasteiger partial charge in [-0.3, -0.25) is 4.79 Å². The predicted molar refractivity (Wildman–Crippen MR) is 63.5 cm³/mol. The van der Waals surface area contributed by atoms with Crippen molar-refractivity contribution in [2.75, 3.05) is 11.9 Å². The van der Waals surface area contributed by atoms with Crippen molar-refractivity contribution < 1.29 is 4.79 Å². The summed E-state index contributed by atoms with van der Waals surface area (Å²) in [5.41, 5.74) is 7.58. The third-order valence-corrected chi connectivity index (χ3v) is 2.29. The Hall–Kier alpha value is -2.21. The van der Waals surface area contributed by atoms with E-state index in [4.69, 9.17) is 5.73 Å². The number of carbonyl (C=O) groups excluding carboxylic acids is 1. The maximum absolute atomic E-state index is 11.6. The second-order valence-electron chi connectivity index (χ2n) is 3.54. The van der Waals surface area contributed by atoms with E-state index in [0.29, 0.717) is 6.54 Å². The summed E-state index contributed by atoms with van der Waals surface area (Å²) in [7, 11) is 0. The van der Waals surface area contributed by atoms with Gasteiger partial charge in [-0.15, -0.1) is 0 Å². The highest BCUT2D eigenvalue weighted by atomic mass is 16.2. The van der Waals surface area contributed by atoms with Crippen LogP contribution in [0.15, 0.2) is 30.5 Å². The van der Waals surface area contributed by atoms with Crippen LogP contribution in [0.4, 0.5) is 5.69 Å². The van der Waals surface area contributed by atoms with E-state index in [-0.39, 0.29) is 11.6 Å². The van der Waals surface area contributed by atoms with Gasteiger partial charge in [0.2, 0.25) is 0 Å². The number of aromatic nitrogens is 3. The molecule has 2 aromatic rings. The molecule has 1 aromatic heterocycles. The van der Waals surface area contributed by atoms with Gasteiger partial charge in [-0.25, -0.2) is 0 Å². The van der Waals surface area contributed by atoms with Crippen LogP contribution in [0, 0.1) is 0 Å². The third kappa shape index (κ3) is 2.88. The molecule has 6 heteroatoms. The van der Waals surface area contributed by atoms with Crippen LogP contribution < -0.4 is 11.1 Å². The van der Waals surface area contributed by atoms with Crippen molar-refractivity contribution in [1.29, 1.82) is 0 Å². The number of nitrogens with zero attached hydrogens (tertiary/aromatic N) is 2. The Morgan fingerprint density at radius 3 is 2.71 bits per heavy atom. The van der Waals surface area contributed by atoms with E-state index in [1.54, 1.807) is 0 Å². The van der Waals surface area contributed by atoms with Gasteiger partial charge in [0.05, 0.1) is 6.20 Å². The van der Waals surface area contributed by atoms with E-state index in [9.17, 15) is 4.79 Å². The number of rotatable bonds is 4. The van der Waals surface area contributed by atoms with Crippen LogP contribution in [0.1, 0.15) is 16.1 Å². The molecule has 1 amide bonds. The number of aromatic amines is 1. The summed E-state index contributed by atoms with van der Waals surface area (Å²) in [5, 5.41) is 12.4. The van der Waals surface area contributed by atoms with Gasteiger partial charge in [-0.05, 0) is 30.7 Å². The molecule has 6 nitrogen and oxygen atoms in total. The second-order valence-corrected chi connectivity index (χ2v) is 3.54. The van der Waals surface area contributed by atoms with Gasteiger partial charge in [-0.2, -0.15) is 15.4 Å². The smallest absolute Gasteiger partial charge is 0.277 e. The molecule has 1 heterocycles. The number of hydrogen-bond acceptors (Lipinski definition) is 4. The van der Waals surface area contributed by atoms with E-state index in [2.05, 4.69) is 20.7 Å². The SMILES string of the molecule is NCCc1ccc(NC(=O)c2cn[nH]n2)cc1. The molecule has 0 fully saturated rings. The minimum absolute atomic E-state index is 0.260. The molecule has 0 aliphatic heterocycles. The maximum Gasteiger partial charge on any atom is 0.277 e. The molecule has 0 atom stereocenters. The van der Waals surface area contributed by atoms with Crippen molar-refractivity contribution in [2.24, 2.45) is 5.73 Å². The Morgan fingerprint density at radius 2 is 2.12 bits per heavy atom. The van der Waals surface area contributed by atoms with Crippen LogP contribution >= 0.6 is 0 Å². The van der Waals surface area contributed by atoms with Crippen molar-refractivity contribution in [3.8, 4) is 0 Å². The number of anilines is 1. The van der Waals surface area contributed by atoms with Gasteiger partial charge in [-0.1, -0.05) is 12.1 Å². The lowest BCUT2D eigenvalue weighted by atomic mass is 10.1. The zero-order valence-corrected chi connectivity index (χ0v) is 9.18. The quantitative estimate of drug-likeness (QED) is 0.716. The standard InChI is InChI=1S/C11H13N5O/c12-6-5-8-1-3-9(4-2-8)14-11(17)10-7-13-16-15-10/h1-4,7H,5-6,12H2,(H,14,17)(H,13,15,16). The molecular formula is C11H13N5O. The first-order chi connectivity index (χ1) is 8.29. The van der Waals surface area contributed by atoms with Crippen LogP contribution in [-0.4, -0.2) is 27.9 Å². The van der Waals surface area contributed by atoms with E-state index in [1.165, 1.54) is 6.20 Å². The predicted octanol–water partition coefficient (Wildman–Crippen LogP) is 0.558. The van der Waals surface area contributed by atoms with Gasteiger partial charge < -0.3 is 11.1 Å². The summed E-state index contributed by atoms with van der Waals surface area (Å²) >= 11 is 0. The van der Waals surface area contributed by atoms with Gasteiger partial charge in [0.1, 0.15) is 0 Å². The molecule has 0 saturated heterocycles. The molecular weight excluding hydrogens is 218 g/mol. The summed E-state index contributed by atoms with van der Waals surface area (Å²) in [6.45, 7) is 0.616. The Morgan fingerprint density at radius 1 is 1.35 bits per heavy atom. The average molecular weight is 231 g/mol. The number of nitrogens with one attached hydrogen (secondary N) is 2. The van der Waals surface area contributed by atoms with E-state index in [1.807, 2.05) is 24.3 Å². The van der Waals surface area contributed by atoms with Crippen molar-refractivity contribution >= 4 is 11.6 Å². The Bertz CT molecular complexity index is 477. The second kappa shape index (κ2) is 5.22. The van der Waals surface area contributed by atoms with Gasteiger partial charge in [0.15, 0.2) is 5.69 Å². The van der Waals surface area contributed by atoms with Crippen molar-refractivity contribution in [2.45, 2.75) is 6.42 Å². The Balaban J connectivity index is 2.01. The highest BCUT2D eigenvalue weighted by Gasteiger charge is 2.08. The van der Waals surface area contributed by atoms with Crippen molar-refractivity contribution in [1.82, 2.24) is 15.4 Å². The van der Waals surface area contributed by atoms with Crippen molar-refractivity contribution in [3.63, 3.8) is 0 Å². The maximum atomic E-state index is 11.6. The first-order valence-electron chi connectivity index (χ1n) is 5.25. The highest BCUT2D eigenvalue weighted by Crippen LogP contribution is 2.10. The number of nitrogens with two attached hydrogens (primary N) is 1. The number of amides is 1. The highest BCUT2D eigenvalue weighted by molar-refractivity contribution is 6.02. The fraction of sp³-hybridized carbons (Fsp3) is 0.182. The zero-order chi connectivity index (χ0) is 12.1. The zero-order valence-electron chi connectivity index (χ0n) is 9.18. The fourth-order valence-corrected chi connectivity index (χ4v) is 1.43. The average Bonchev–Trinajstić information content (AvgIpc) is 2.86. The first kappa shape index (κ1) is 11.3. The van der Waals surface area contributed by atoms with E-state index in [0.717, 1.165) is 17.7 Å². The Labute approximate surface area is 98.2 Å².